The van der Waals surface area contributed by atoms with Gasteiger partial charge < -0.3 is 20.1 Å². The molecule has 2 aromatic carbocycles. The number of nitrogens with one attached hydrogen (secondary N) is 2. The minimum absolute atomic E-state index is 0.0337. The highest BCUT2D eigenvalue weighted by atomic mass is 19.3. The molecule has 0 saturated carbocycles. The first-order chi connectivity index (χ1) is 14.6. The minimum Gasteiger partial charge on any atom is -0.435 e. The number of rotatable bonds is 9. The average molecular weight is 448 g/mol. The maximum Gasteiger partial charge on any atom is 0.387 e. The predicted molar refractivity (Wildman–Crippen MR) is 96.7 cm³/mol. The van der Waals surface area contributed by atoms with Gasteiger partial charge in [0.1, 0.15) is 11.5 Å². The lowest BCUT2D eigenvalue weighted by atomic mass is 10.1. The third kappa shape index (κ3) is 7.91. The fourth-order valence-corrected chi connectivity index (χ4v) is 2.20. The third-order valence-corrected chi connectivity index (χ3v) is 3.47. The van der Waals surface area contributed by atoms with Gasteiger partial charge in [-0.3, -0.25) is 9.59 Å². The SMILES string of the molecule is O=C(/C=C/c1ccc(OC(F)F)cc1OC(F)F)NCC(=O)Nc1ccc(F)c(F)c1. The predicted octanol–water partition coefficient (Wildman–Crippen LogP) is 3.94. The fraction of sp³-hybridized carbons (Fsp3) is 0.158. The van der Waals surface area contributed by atoms with Crippen molar-refractivity contribution in [2.75, 3.05) is 11.9 Å². The van der Waals surface area contributed by atoms with Crippen molar-refractivity contribution in [1.82, 2.24) is 5.32 Å². The van der Waals surface area contributed by atoms with Crippen LogP contribution in [0.25, 0.3) is 6.08 Å². The van der Waals surface area contributed by atoms with Crippen molar-refractivity contribution in [3.8, 4) is 11.5 Å². The van der Waals surface area contributed by atoms with E-state index in [-0.39, 0.29) is 11.3 Å². The van der Waals surface area contributed by atoms with Crippen molar-refractivity contribution < 1.29 is 45.4 Å². The van der Waals surface area contributed by atoms with Gasteiger partial charge in [0.05, 0.1) is 6.54 Å². The zero-order chi connectivity index (χ0) is 23.0. The molecule has 0 aliphatic carbocycles. The van der Waals surface area contributed by atoms with Gasteiger partial charge in [0.25, 0.3) is 0 Å². The quantitative estimate of drug-likeness (QED) is 0.450. The van der Waals surface area contributed by atoms with Crippen molar-refractivity contribution in [1.29, 1.82) is 0 Å². The molecule has 0 spiro atoms. The highest BCUT2D eigenvalue weighted by molar-refractivity contribution is 5.98. The van der Waals surface area contributed by atoms with Gasteiger partial charge in [-0.2, -0.15) is 17.6 Å². The van der Waals surface area contributed by atoms with E-state index in [1.165, 1.54) is 0 Å². The van der Waals surface area contributed by atoms with E-state index in [1.807, 2.05) is 0 Å². The Bertz CT molecular complexity index is 968. The Labute approximate surface area is 171 Å². The van der Waals surface area contributed by atoms with Crippen molar-refractivity contribution >= 4 is 23.6 Å². The molecule has 0 atom stereocenters. The smallest absolute Gasteiger partial charge is 0.387 e. The van der Waals surface area contributed by atoms with Crippen LogP contribution in [0.4, 0.5) is 32.0 Å². The van der Waals surface area contributed by atoms with Crippen LogP contribution in [0.2, 0.25) is 0 Å². The van der Waals surface area contributed by atoms with Gasteiger partial charge in [0, 0.05) is 29.5 Å². The Morgan fingerprint density at radius 2 is 1.65 bits per heavy atom. The van der Waals surface area contributed by atoms with Crippen LogP contribution in [-0.2, 0) is 9.59 Å². The van der Waals surface area contributed by atoms with Crippen LogP contribution < -0.4 is 20.1 Å². The van der Waals surface area contributed by atoms with E-state index in [2.05, 4.69) is 20.1 Å². The van der Waals surface area contributed by atoms with Crippen molar-refractivity contribution in [3.63, 3.8) is 0 Å². The first kappa shape index (κ1) is 23.6. The number of hydrogen-bond acceptors (Lipinski definition) is 4. The molecule has 0 heterocycles. The molecule has 166 valence electrons. The second-order valence-corrected chi connectivity index (χ2v) is 5.68. The molecule has 6 nitrogen and oxygen atoms in total. The van der Waals surface area contributed by atoms with E-state index in [9.17, 15) is 35.9 Å². The molecule has 0 radical (unpaired) electrons. The number of alkyl halides is 4. The molecule has 0 fully saturated rings. The van der Waals surface area contributed by atoms with Crippen LogP contribution in [0, 0.1) is 11.6 Å². The molecule has 2 rings (SSSR count). The molecular formula is C19H14F6N2O4. The molecule has 2 aromatic rings. The van der Waals surface area contributed by atoms with Crippen LogP contribution >= 0.6 is 0 Å². The lowest BCUT2D eigenvalue weighted by molar-refractivity contribution is -0.121. The highest BCUT2D eigenvalue weighted by Gasteiger charge is 2.13. The number of halogens is 6. The molecule has 0 bridgehead atoms. The molecule has 0 aromatic heterocycles. The van der Waals surface area contributed by atoms with Crippen LogP contribution in [0.1, 0.15) is 5.56 Å². The summed E-state index contributed by atoms with van der Waals surface area (Å²) in [7, 11) is 0. The summed E-state index contributed by atoms with van der Waals surface area (Å²) in [5.41, 5.74) is -0.0862. The molecule has 2 amide bonds. The number of carbonyl (C=O) groups excluding carboxylic acids is 2. The van der Waals surface area contributed by atoms with Gasteiger partial charge in [-0.1, -0.05) is 0 Å². The van der Waals surface area contributed by atoms with E-state index in [0.29, 0.717) is 0 Å². The minimum atomic E-state index is -3.26. The Balaban J connectivity index is 1.96. The van der Waals surface area contributed by atoms with E-state index >= 15 is 0 Å². The van der Waals surface area contributed by atoms with Gasteiger partial charge in [0.15, 0.2) is 11.6 Å². The second kappa shape index (κ2) is 10.9. The van der Waals surface area contributed by atoms with Crippen LogP contribution in [0.5, 0.6) is 11.5 Å². The van der Waals surface area contributed by atoms with Gasteiger partial charge in [-0.15, -0.1) is 0 Å². The van der Waals surface area contributed by atoms with E-state index in [4.69, 9.17) is 0 Å². The third-order valence-electron chi connectivity index (χ3n) is 3.47. The molecule has 0 aliphatic rings. The molecule has 0 saturated heterocycles. The highest BCUT2D eigenvalue weighted by Crippen LogP contribution is 2.28. The Kier molecular flexibility index (Phi) is 8.29. The van der Waals surface area contributed by atoms with Crippen LogP contribution in [0.3, 0.4) is 0 Å². The van der Waals surface area contributed by atoms with Crippen molar-refractivity contribution in [2.24, 2.45) is 0 Å². The first-order valence-electron chi connectivity index (χ1n) is 8.38. The number of benzene rings is 2. The lowest BCUT2D eigenvalue weighted by Crippen LogP contribution is -2.31. The number of amides is 2. The molecule has 2 N–H and O–H groups in total. The van der Waals surface area contributed by atoms with Crippen LogP contribution in [0.15, 0.2) is 42.5 Å². The van der Waals surface area contributed by atoms with Gasteiger partial charge in [0.2, 0.25) is 11.8 Å². The zero-order valence-electron chi connectivity index (χ0n) is 15.4. The standard InChI is InChI=1S/C19H14F6N2O4/c20-13-5-3-11(7-14(13)21)27-17(29)9-26-16(28)6-2-10-1-4-12(30-18(22)23)8-15(10)31-19(24)25/h1-8,18-19H,9H2,(H,26,28)(H,27,29)/b6-2+. The maximum absolute atomic E-state index is 13.1. The summed E-state index contributed by atoms with van der Waals surface area (Å²) in [5, 5.41) is 4.41. The zero-order valence-corrected chi connectivity index (χ0v) is 15.4. The Morgan fingerprint density at radius 1 is 0.935 bits per heavy atom. The van der Waals surface area contributed by atoms with Crippen molar-refractivity contribution in [2.45, 2.75) is 13.2 Å². The van der Waals surface area contributed by atoms with E-state index in [0.717, 1.165) is 48.6 Å². The number of hydrogen-bond donors (Lipinski definition) is 2. The summed E-state index contributed by atoms with van der Waals surface area (Å²) < 4.78 is 83.8. The number of carbonyl (C=O) groups is 2. The Hall–Kier alpha value is -3.70. The molecular weight excluding hydrogens is 434 g/mol. The number of ether oxygens (including phenoxy) is 2. The average Bonchev–Trinajstić information content (AvgIpc) is 2.67. The van der Waals surface area contributed by atoms with E-state index in [1.54, 1.807) is 0 Å². The Morgan fingerprint density at radius 3 is 2.29 bits per heavy atom. The summed E-state index contributed by atoms with van der Waals surface area (Å²) in [6.45, 7) is -6.98. The molecule has 0 unspecified atom stereocenters. The van der Waals surface area contributed by atoms with Gasteiger partial charge in [-0.25, -0.2) is 8.78 Å². The summed E-state index contributed by atoms with van der Waals surface area (Å²) in [6, 6.07) is 5.63. The summed E-state index contributed by atoms with van der Waals surface area (Å²) in [6.07, 6.45) is 1.93. The normalized spacial score (nSPS) is 11.1. The number of anilines is 1. The van der Waals surface area contributed by atoms with Crippen LogP contribution in [-0.4, -0.2) is 31.6 Å². The van der Waals surface area contributed by atoms with Gasteiger partial charge >= 0.3 is 13.2 Å². The molecule has 12 heteroatoms. The summed E-state index contributed by atoms with van der Waals surface area (Å²) in [5.74, 6) is -4.77. The topological polar surface area (TPSA) is 76.7 Å². The largest absolute Gasteiger partial charge is 0.435 e. The van der Waals surface area contributed by atoms with Gasteiger partial charge in [-0.05, 0) is 30.3 Å². The lowest BCUT2D eigenvalue weighted by Gasteiger charge is -2.11. The molecule has 31 heavy (non-hydrogen) atoms. The van der Waals surface area contributed by atoms with E-state index < -0.39 is 54.7 Å². The monoisotopic (exact) mass is 448 g/mol. The molecule has 0 aliphatic heterocycles. The summed E-state index contributed by atoms with van der Waals surface area (Å²) >= 11 is 0. The first-order valence-corrected chi connectivity index (χ1v) is 8.38. The summed E-state index contributed by atoms with van der Waals surface area (Å²) in [4.78, 5) is 23.6. The van der Waals surface area contributed by atoms with Crippen molar-refractivity contribution in [3.05, 3.63) is 59.7 Å². The second-order valence-electron chi connectivity index (χ2n) is 5.68. The maximum atomic E-state index is 13.1. The fourth-order valence-electron chi connectivity index (χ4n) is 2.20.